The number of piperidine rings is 1. The lowest BCUT2D eigenvalue weighted by Crippen LogP contribution is -2.29. The Kier molecular flexibility index (Phi) is 5.69. The summed E-state index contributed by atoms with van der Waals surface area (Å²) in [5.74, 6) is -0.728. The van der Waals surface area contributed by atoms with E-state index in [9.17, 15) is 9.18 Å². The van der Waals surface area contributed by atoms with Gasteiger partial charge in [0, 0.05) is 29.7 Å². The predicted molar refractivity (Wildman–Crippen MR) is 123 cm³/mol. The zero-order valence-electron chi connectivity index (χ0n) is 18.7. The normalized spacial score (nSPS) is 14.7. The summed E-state index contributed by atoms with van der Waals surface area (Å²) >= 11 is 0. The lowest BCUT2D eigenvalue weighted by molar-refractivity contribution is 0.00694. The standard InChI is InChI=1S/C26H29FN2O2/c1-17-23(25(30)31-26(2,3)4)24(18-8-10-19(27)11-9-18)21-16-20(12-13-22(21)28-17)29-14-6-5-7-15-29/h8-13,16H,5-7,14-15H2,1-4H3. The van der Waals surface area contributed by atoms with Crippen LogP contribution in [0, 0.1) is 12.7 Å². The number of halogens is 1. The first-order chi connectivity index (χ1) is 14.7. The van der Waals surface area contributed by atoms with Crippen molar-refractivity contribution in [1.82, 2.24) is 4.98 Å². The van der Waals surface area contributed by atoms with Gasteiger partial charge in [0.1, 0.15) is 11.4 Å². The van der Waals surface area contributed by atoms with Crippen molar-refractivity contribution in [1.29, 1.82) is 0 Å². The minimum Gasteiger partial charge on any atom is -0.456 e. The Morgan fingerprint density at radius 2 is 1.71 bits per heavy atom. The van der Waals surface area contributed by atoms with Gasteiger partial charge in [-0.3, -0.25) is 4.98 Å². The number of hydrogen-bond donors (Lipinski definition) is 0. The van der Waals surface area contributed by atoms with Crippen LogP contribution in [-0.2, 0) is 4.74 Å². The minimum atomic E-state index is -0.631. The molecule has 0 amide bonds. The topological polar surface area (TPSA) is 42.4 Å². The van der Waals surface area contributed by atoms with Crippen LogP contribution in [0.25, 0.3) is 22.0 Å². The molecule has 0 unspecified atom stereocenters. The molecule has 0 bridgehead atoms. The van der Waals surface area contributed by atoms with Crippen LogP contribution >= 0.6 is 0 Å². The van der Waals surface area contributed by atoms with E-state index in [4.69, 9.17) is 9.72 Å². The van der Waals surface area contributed by atoms with E-state index in [2.05, 4.69) is 17.0 Å². The number of fused-ring (bicyclic) bond motifs is 1. The van der Waals surface area contributed by atoms with E-state index in [-0.39, 0.29) is 5.82 Å². The second kappa shape index (κ2) is 8.29. The Labute approximate surface area is 183 Å². The van der Waals surface area contributed by atoms with Crippen molar-refractivity contribution in [2.75, 3.05) is 18.0 Å². The molecule has 4 rings (SSSR count). The van der Waals surface area contributed by atoms with Gasteiger partial charge in [-0.2, -0.15) is 0 Å². The molecule has 1 aliphatic heterocycles. The maximum Gasteiger partial charge on any atom is 0.341 e. The molecule has 0 atom stereocenters. The summed E-state index contributed by atoms with van der Waals surface area (Å²) in [6, 6.07) is 12.5. The summed E-state index contributed by atoms with van der Waals surface area (Å²) in [6.45, 7) is 9.41. The fourth-order valence-electron chi connectivity index (χ4n) is 4.22. The van der Waals surface area contributed by atoms with Crippen molar-refractivity contribution in [3.05, 3.63) is 59.5 Å². The molecular formula is C26H29FN2O2. The van der Waals surface area contributed by atoms with Crippen molar-refractivity contribution in [2.24, 2.45) is 0 Å². The molecule has 1 aromatic heterocycles. The lowest BCUT2D eigenvalue weighted by Gasteiger charge is -2.29. The number of hydrogen-bond acceptors (Lipinski definition) is 4. The second-order valence-corrected chi connectivity index (χ2v) is 9.21. The first kappa shape index (κ1) is 21.3. The summed E-state index contributed by atoms with van der Waals surface area (Å²) in [5.41, 5.74) is 3.86. The number of benzene rings is 2. The van der Waals surface area contributed by atoms with E-state index < -0.39 is 11.6 Å². The maximum absolute atomic E-state index is 13.7. The first-order valence-corrected chi connectivity index (χ1v) is 10.9. The molecular weight excluding hydrogens is 391 g/mol. The summed E-state index contributed by atoms with van der Waals surface area (Å²) in [4.78, 5) is 20.3. The smallest absolute Gasteiger partial charge is 0.341 e. The van der Waals surface area contributed by atoms with Gasteiger partial charge in [-0.25, -0.2) is 9.18 Å². The number of aryl methyl sites for hydroxylation is 1. The van der Waals surface area contributed by atoms with Crippen LogP contribution in [-0.4, -0.2) is 29.6 Å². The van der Waals surface area contributed by atoms with E-state index >= 15 is 0 Å². The number of carbonyl (C=O) groups excluding carboxylic acids is 1. The van der Waals surface area contributed by atoms with E-state index in [0.717, 1.165) is 40.8 Å². The minimum absolute atomic E-state index is 0.313. The Hall–Kier alpha value is -2.95. The number of carbonyl (C=O) groups is 1. The third kappa shape index (κ3) is 4.55. The second-order valence-electron chi connectivity index (χ2n) is 9.21. The fourth-order valence-corrected chi connectivity index (χ4v) is 4.22. The maximum atomic E-state index is 13.7. The van der Waals surface area contributed by atoms with Crippen LogP contribution in [0.1, 0.15) is 56.1 Å². The van der Waals surface area contributed by atoms with Crippen LogP contribution in [0.4, 0.5) is 10.1 Å². The molecule has 31 heavy (non-hydrogen) atoms. The van der Waals surface area contributed by atoms with Crippen LogP contribution in [0.15, 0.2) is 42.5 Å². The van der Waals surface area contributed by atoms with Gasteiger partial charge in [-0.15, -0.1) is 0 Å². The Morgan fingerprint density at radius 1 is 1.03 bits per heavy atom. The van der Waals surface area contributed by atoms with Crippen molar-refractivity contribution in [3.8, 4) is 11.1 Å². The van der Waals surface area contributed by atoms with Gasteiger partial charge in [0.25, 0.3) is 0 Å². The molecule has 1 fully saturated rings. The van der Waals surface area contributed by atoms with Gasteiger partial charge < -0.3 is 9.64 Å². The summed E-state index contributed by atoms with van der Waals surface area (Å²) in [5, 5.41) is 0.876. The Bertz CT molecular complexity index is 1110. The zero-order chi connectivity index (χ0) is 22.2. The van der Waals surface area contributed by atoms with Crippen LogP contribution in [0.3, 0.4) is 0 Å². The van der Waals surface area contributed by atoms with Crippen molar-refractivity contribution in [2.45, 2.75) is 52.6 Å². The molecule has 5 heteroatoms. The van der Waals surface area contributed by atoms with Crippen LogP contribution in [0.2, 0.25) is 0 Å². The molecule has 0 aliphatic carbocycles. The van der Waals surface area contributed by atoms with Crippen molar-refractivity contribution in [3.63, 3.8) is 0 Å². The monoisotopic (exact) mass is 420 g/mol. The van der Waals surface area contributed by atoms with E-state index in [1.807, 2.05) is 33.8 Å². The van der Waals surface area contributed by atoms with Crippen LogP contribution in [0.5, 0.6) is 0 Å². The number of anilines is 1. The van der Waals surface area contributed by atoms with Gasteiger partial charge >= 0.3 is 5.97 Å². The summed E-state index contributed by atoms with van der Waals surface area (Å²) < 4.78 is 19.4. The molecule has 0 radical (unpaired) electrons. The Morgan fingerprint density at radius 3 is 2.35 bits per heavy atom. The largest absolute Gasteiger partial charge is 0.456 e. The zero-order valence-corrected chi connectivity index (χ0v) is 18.7. The highest BCUT2D eigenvalue weighted by molar-refractivity contribution is 6.08. The highest BCUT2D eigenvalue weighted by Gasteiger charge is 2.26. The predicted octanol–water partition coefficient (Wildman–Crippen LogP) is 6.29. The fraction of sp³-hybridized carbons (Fsp3) is 0.385. The molecule has 3 aromatic rings. The molecule has 0 spiro atoms. The number of rotatable bonds is 3. The summed E-state index contributed by atoms with van der Waals surface area (Å²) in [7, 11) is 0. The number of aromatic nitrogens is 1. The van der Waals surface area contributed by atoms with Gasteiger partial charge in [-0.1, -0.05) is 12.1 Å². The third-order valence-electron chi connectivity index (χ3n) is 5.61. The third-order valence-corrected chi connectivity index (χ3v) is 5.61. The molecule has 1 aliphatic rings. The molecule has 2 heterocycles. The van der Waals surface area contributed by atoms with Gasteiger partial charge in [-0.05, 0) is 82.9 Å². The summed E-state index contributed by atoms with van der Waals surface area (Å²) in [6.07, 6.45) is 3.62. The number of pyridine rings is 1. The molecule has 4 nitrogen and oxygen atoms in total. The lowest BCUT2D eigenvalue weighted by atomic mass is 9.93. The quantitative estimate of drug-likeness (QED) is 0.467. The van der Waals surface area contributed by atoms with E-state index in [1.165, 1.54) is 31.4 Å². The number of nitrogens with zero attached hydrogens (tertiary/aromatic N) is 2. The van der Waals surface area contributed by atoms with Crippen molar-refractivity contribution >= 4 is 22.6 Å². The Balaban J connectivity index is 1.96. The van der Waals surface area contributed by atoms with E-state index in [1.54, 1.807) is 12.1 Å². The number of ether oxygens (including phenoxy) is 1. The van der Waals surface area contributed by atoms with E-state index in [0.29, 0.717) is 11.3 Å². The molecule has 1 saturated heterocycles. The van der Waals surface area contributed by atoms with Gasteiger partial charge in [0.2, 0.25) is 0 Å². The highest BCUT2D eigenvalue weighted by atomic mass is 19.1. The average Bonchev–Trinajstić information content (AvgIpc) is 2.72. The molecule has 0 saturated carbocycles. The first-order valence-electron chi connectivity index (χ1n) is 10.9. The average molecular weight is 421 g/mol. The van der Waals surface area contributed by atoms with Gasteiger partial charge in [0.05, 0.1) is 16.8 Å². The van der Waals surface area contributed by atoms with Crippen LogP contribution < -0.4 is 4.90 Å². The highest BCUT2D eigenvalue weighted by Crippen LogP contribution is 2.36. The van der Waals surface area contributed by atoms with Gasteiger partial charge in [0.15, 0.2) is 0 Å². The number of esters is 1. The molecule has 162 valence electrons. The molecule has 2 aromatic carbocycles. The SMILES string of the molecule is Cc1nc2ccc(N3CCCCC3)cc2c(-c2ccc(F)cc2)c1C(=O)OC(C)(C)C. The molecule has 0 N–H and O–H groups in total. The van der Waals surface area contributed by atoms with Crippen molar-refractivity contribution < 1.29 is 13.9 Å².